The Balaban J connectivity index is 1.59. The number of aldehydes is 1. The number of carbonyl (C=O) groups excluding carboxylic acids is 2. The molecule has 1 aliphatic heterocycles. The maximum absolute atomic E-state index is 13.9. The lowest BCUT2D eigenvalue weighted by Crippen LogP contribution is -2.31. The van der Waals surface area contributed by atoms with E-state index in [0.29, 0.717) is 24.9 Å². The van der Waals surface area contributed by atoms with Crippen LogP contribution in [0.5, 0.6) is 0 Å². The fourth-order valence-corrected chi connectivity index (χ4v) is 4.34. The summed E-state index contributed by atoms with van der Waals surface area (Å²) in [4.78, 5) is 36.6. The van der Waals surface area contributed by atoms with Crippen LogP contribution in [0.4, 0.5) is 19.0 Å². The molecule has 2 N–H and O–H groups in total. The van der Waals surface area contributed by atoms with Crippen molar-refractivity contribution >= 4 is 24.0 Å². The molecule has 0 saturated heterocycles. The molecule has 1 aliphatic rings. The SMILES string of the molecule is C[C@H](NC(=O)c1c(C(F)(F)F)nn2c1N(Cc1ccc(CCC=O)cc1)CC2)c1ccc(C(=O)O)cc1. The van der Waals surface area contributed by atoms with Gasteiger partial charge in [0.25, 0.3) is 5.91 Å². The van der Waals surface area contributed by atoms with Crippen LogP contribution in [-0.4, -0.2) is 39.6 Å². The van der Waals surface area contributed by atoms with Crippen molar-refractivity contribution < 1.29 is 32.7 Å². The number of alkyl halides is 3. The highest BCUT2D eigenvalue weighted by Crippen LogP contribution is 2.38. The number of anilines is 1. The summed E-state index contributed by atoms with van der Waals surface area (Å²) in [5.74, 6) is -1.92. The molecular weight excluding hydrogens is 489 g/mol. The zero-order chi connectivity index (χ0) is 26.7. The minimum absolute atomic E-state index is 0.0588. The topological polar surface area (TPSA) is 105 Å². The summed E-state index contributed by atoms with van der Waals surface area (Å²) in [5, 5.41) is 15.4. The van der Waals surface area contributed by atoms with Gasteiger partial charge in [-0.2, -0.15) is 18.3 Å². The van der Waals surface area contributed by atoms with Gasteiger partial charge in [-0.3, -0.25) is 4.79 Å². The maximum atomic E-state index is 13.9. The van der Waals surface area contributed by atoms with Crippen molar-refractivity contribution in [2.75, 3.05) is 11.4 Å². The third-order valence-electron chi connectivity index (χ3n) is 6.25. The quantitative estimate of drug-likeness (QED) is 0.414. The second kappa shape index (κ2) is 10.5. The summed E-state index contributed by atoms with van der Waals surface area (Å²) >= 11 is 0. The van der Waals surface area contributed by atoms with Crippen molar-refractivity contribution in [1.82, 2.24) is 15.1 Å². The second-order valence-corrected chi connectivity index (χ2v) is 8.83. The molecule has 4 rings (SSSR count). The minimum Gasteiger partial charge on any atom is -0.478 e. The number of nitrogens with one attached hydrogen (secondary N) is 1. The smallest absolute Gasteiger partial charge is 0.436 e. The predicted octanol–water partition coefficient (Wildman–Crippen LogP) is 4.24. The number of fused-ring (bicyclic) bond motifs is 1. The van der Waals surface area contributed by atoms with Gasteiger partial charge >= 0.3 is 12.1 Å². The minimum atomic E-state index is -4.83. The molecule has 37 heavy (non-hydrogen) atoms. The number of aryl methyl sites for hydroxylation is 1. The summed E-state index contributed by atoms with van der Waals surface area (Å²) in [6, 6.07) is 12.5. The zero-order valence-electron chi connectivity index (χ0n) is 20.0. The Morgan fingerprint density at radius 2 is 1.73 bits per heavy atom. The summed E-state index contributed by atoms with van der Waals surface area (Å²) in [5.41, 5.74) is 0.637. The highest BCUT2D eigenvalue weighted by molar-refractivity contribution is 6.01. The maximum Gasteiger partial charge on any atom is 0.436 e. The highest BCUT2D eigenvalue weighted by atomic mass is 19.4. The van der Waals surface area contributed by atoms with Crippen molar-refractivity contribution in [2.24, 2.45) is 0 Å². The van der Waals surface area contributed by atoms with E-state index in [-0.39, 0.29) is 24.5 Å². The summed E-state index contributed by atoms with van der Waals surface area (Å²) in [7, 11) is 0. The van der Waals surface area contributed by atoms with E-state index in [0.717, 1.165) is 17.4 Å². The molecule has 2 heterocycles. The Morgan fingerprint density at radius 1 is 1.08 bits per heavy atom. The number of nitrogens with zero attached hydrogens (tertiary/aromatic N) is 3. The summed E-state index contributed by atoms with van der Waals surface area (Å²) < 4.78 is 42.9. The molecule has 0 spiro atoms. The third-order valence-corrected chi connectivity index (χ3v) is 6.25. The number of hydrogen-bond acceptors (Lipinski definition) is 5. The molecule has 0 saturated carbocycles. The fourth-order valence-electron chi connectivity index (χ4n) is 4.34. The van der Waals surface area contributed by atoms with Crippen LogP contribution in [0, 0.1) is 0 Å². The van der Waals surface area contributed by atoms with E-state index >= 15 is 0 Å². The van der Waals surface area contributed by atoms with E-state index in [1.54, 1.807) is 11.8 Å². The number of rotatable bonds is 9. The van der Waals surface area contributed by atoms with Gasteiger partial charge in [-0.15, -0.1) is 0 Å². The van der Waals surface area contributed by atoms with Gasteiger partial charge < -0.3 is 20.1 Å². The monoisotopic (exact) mass is 514 g/mol. The normalized spacial score (nSPS) is 13.8. The van der Waals surface area contributed by atoms with Crippen molar-refractivity contribution in [1.29, 1.82) is 0 Å². The van der Waals surface area contributed by atoms with Crippen LogP contribution in [0.25, 0.3) is 0 Å². The van der Waals surface area contributed by atoms with Gasteiger partial charge in [0, 0.05) is 19.5 Å². The number of benzene rings is 2. The number of carbonyl (C=O) groups is 3. The lowest BCUT2D eigenvalue weighted by atomic mass is 10.1. The molecule has 0 fully saturated rings. The van der Waals surface area contributed by atoms with E-state index in [4.69, 9.17) is 5.11 Å². The summed E-state index contributed by atoms with van der Waals surface area (Å²) in [6.07, 6.45) is -2.97. The van der Waals surface area contributed by atoms with E-state index in [2.05, 4.69) is 10.4 Å². The molecule has 11 heteroatoms. The van der Waals surface area contributed by atoms with Crippen molar-refractivity contribution in [3.63, 3.8) is 0 Å². The van der Waals surface area contributed by atoms with Crippen molar-refractivity contribution in [3.8, 4) is 0 Å². The van der Waals surface area contributed by atoms with Crippen LogP contribution in [0.2, 0.25) is 0 Å². The van der Waals surface area contributed by atoms with E-state index < -0.39 is 35.4 Å². The Morgan fingerprint density at radius 3 is 2.32 bits per heavy atom. The van der Waals surface area contributed by atoms with Crippen LogP contribution < -0.4 is 10.2 Å². The van der Waals surface area contributed by atoms with Crippen LogP contribution in [0.1, 0.15) is 62.5 Å². The first-order valence-electron chi connectivity index (χ1n) is 11.7. The van der Waals surface area contributed by atoms with Gasteiger partial charge in [-0.1, -0.05) is 36.4 Å². The van der Waals surface area contributed by atoms with E-state index in [1.165, 1.54) is 28.9 Å². The Bertz CT molecular complexity index is 1300. The van der Waals surface area contributed by atoms with Crippen LogP contribution in [-0.2, 0) is 30.5 Å². The average Bonchev–Trinajstić information content (AvgIpc) is 3.44. The van der Waals surface area contributed by atoms with Gasteiger partial charge in [-0.25, -0.2) is 9.48 Å². The molecule has 3 aromatic rings. The van der Waals surface area contributed by atoms with Gasteiger partial charge in [0.1, 0.15) is 17.7 Å². The average molecular weight is 515 g/mol. The van der Waals surface area contributed by atoms with E-state index in [9.17, 15) is 27.6 Å². The van der Waals surface area contributed by atoms with E-state index in [1.807, 2.05) is 24.3 Å². The van der Waals surface area contributed by atoms with Crippen molar-refractivity contribution in [2.45, 2.75) is 45.1 Å². The third kappa shape index (κ3) is 5.65. The number of aromatic nitrogens is 2. The number of carboxylic acid groups (broad SMARTS) is 1. The standard InChI is InChI=1S/C26H25F3N4O4/c1-16(19-8-10-20(11-9-19)25(36)37)30-23(35)21-22(26(27,28)29)31-33-13-12-32(24(21)33)15-18-6-4-17(5-7-18)3-2-14-34/h4-11,14,16H,2-3,12-13,15H2,1H3,(H,30,35)(H,36,37)/t16-/m0/s1. The molecule has 1 atom stereocenters. The number of halogens is 3. The molecule has 2 aromatic carbocycles. The van der Waals surface area contributed by atoms with Crippen LogP contribution >= 0.6 is 0 Å². The Labute approximate surface area is 210 Å². The molecule has 1 amide bonds. The molecule has 0 radical (unpaired) electrons. The molecule has 194 valence electrons. The zero-order valence-corrected chi connectivity index (χ0v) is 20.0. The van der Waals surface area contributed by atoms with Gasteiger partial charge in [-0.05, 0) is 42.2 Å². The number of hydrogen-bond donors (Lipinski definition) is 2. The van der Waals surface area contributed by atoms with Gasteiger partial charge in [0.2, 0.25) is 0 Å². The van der Waals surface area contributed by atoms with Crippen molar-refractivity contribution in [3.05, 3.63) is 82.0 Å². The number of amides is 1. The van der Waals surface area contributed by atoms with Crippen LogP contribution in [0.3, 0.4) is 0 Å². The Hall–Kier alpha value is -4.15. The molecule has 1 aromatic heterocycles. The molecule has 8 nitrogen and oxygen atoms in total. The predicted molar refractivity (Wildman–Crippen MR) is 128 cm³/mol. The molecule has 0 aliphatic carbocycles. The van der Waals surface area contributed by atoms with Gasteiger partial charge in [0.15, 0.2) is 5.69 Å². The molecular formula is C26H25F3N4O4. The van der Waals surface area contributed by atoms with Crippen LogP contribution in [0.15, 0.2) is 48.5 Å². The largest absolute Gasteiger partial charge is 0.478 e. The fraction of sp³-hybridized carbons (Fsp3) is 0.308. The highest BCUT2D eigenvalue weighted by Gasteiger charge is 2.44. The number of aromatic carboxylic acids is 1. The Kier molecular flexibility index (Phi) is 7.33. The first-order valence-corrected chi connectivity index (χ1v) is 11.7. The lowest BCUT2D eigenvalue weighted by molar-refractivity contribution is -0.141. The first kappa shape index (κ1) is 25.9. The molecule has 0 bridgehead atoms. The lowest BCUT2D eigenvalue weighted by Gasteiger charge is -2.21. The summed E-state index contributed by atoms with van der Waals surface area (Å²) in [6.45, 7) is 2.48. The number of carboxylic acids is 1. The molecule has 0 unspecified atom stereocenters. The van der Waals surface area contributed by atoms with Gasteiger partial charge in [0.05, 0.1) is 18.2 Å². The first-order chi connectivity index (χ1) is 17.6. The second-order valence-electron chi connectivity index (χ2n) is 8.83.